The van der Waals surface area contributed by atoms with E-state index in [0.717, 1.165) is 69.9 Å². The summed E-state index contributed by atoms with van der Waals surface area (Å²) in [4.78, 5) is 16.9. The van der Waals surface area contributed by atoms with Gasteiger partial charge in [-0.3, -0.25) is 9.69 Å². The molecule has 1 saturated carbocycles. The van der Waals surface area contributed by atoms with Crippen LogP contribution in [0.1, 0.15) is 43.6 Å². The Balaban J connectivity index is 0.00000144. The maximum atomic E-state index is 12.7. The van der Waals surface area contributed by atoms with E-state index in [-0.39, 0.29) is 30.7 Å². The lowest BCUT2D eigenvalue weighted by Gasteiger charge is -2.40. The molecule has 1 saturated heterocycles. The van der Waals surface area contributed by atoms with Crippen LogP contribution in [0.5, 0.6) is 0 Å². The number of carbonyl (C=O) groups excluding carboxylic acids is 1. The van der Waals surface area contributed by atoms with Gasteiger partial charge in [0.15, 0.2) is 5.76 Å². The molecule has 24 heavy (non-hydrogen) atoms. The first-order chi connectivity index (χ1) is 10.6. The van der Waals surface area contributed by atoms with Crippen LogP contribution in [-0.2, 0) is 11.3 Å². The van der Waals surface area contributed by atoms with Gasteiger partial charge in [0, 0.05) is 32.2 Å². The Bertz CT molecular complexity index is 524. The van der Waals surface area contributed by atoms with Gasteiger partial charge in [0.05, 0.1) is 17.8 Å². The minimum Gasteiger partial charge on any atom is -0.360 e. The number of aromatic nitrogens is 1. The Labute approximate surface area is 155 Å². The maximum absolute atomic E-state index is 12.7. The Hall–Kier alpha value is -0.820. The number of halogens is 2. The molecule has 0 radical (unpaired) electrons. The minimum atomic E-state index is -0.609. The van der Waals surface area contributed by atoms with Crippen molar-refractivity contribution in [2.24, 2.45) is 5.73 Å². The first-order valence-corrected chi connectivity index (χ1v) is 8.30. The van der Waals surface area contributed by atoms with Gasteiger partial charge in [0.1, 0.15) is 0 Å². The van der Waals surface area contributed by atoms with E-state index in [0.29, 0.717) is 0 Å². The van der Waals surface area contributed by atoms with Crippen molar-refractivity contribution in [1.82, 2.24) is 15.0 Å². The fraction of sp³-hybridized carbons (Fsp3) is 0.750. The second kappa shape index (κ2) is 9.04. The lowest BCUT2D eigenvalue weighted by molar-refractivity contribution is -0.140. The van der Waals surface area contributed by atoms with Crippen LogP contribution in [0.3, 0.4) is 0 Å². The fourth-order valence-corrected chi connectivity index (χ4v) is 3.53. The first kappa shape index (κ1) is 21.2. The number of carbonyl (C=O) groups is 1. The van der Waals surface area contributed by atoms with Crippen LogP contribution >= 0.6 is 24.8 Å². The SMILES string of the molecule is Cc1cc(CN2CCN(C(=O)C3(N)CCCCC3)CC2)on1.Cl.Cl. The third kappa shape index (κ3) is 4.85. The van der Waals surface area contributed by atoms with Crippen molar-refractivity contribution in [2.75, 3.05) is 26.2 Å². The standard InChI is InChI=1S/C16H26N4O2.2ClH/c1-13-11-14(22-18-13)12-19-7-9-20(10-8-19)15(21)16(17)5-3-2-4-6-16;;/h11H,2-10,12,17H2,1H3;2*1H. The van der Waals surface area contributed by atoms with Crippen LogP contribution in [-0.4, -0.2) is 52.6 Å². The topological polar surface area (TPSA) is 75.6 Å². The van der Waals surface area contributed by atoms with Gasteiger partial charge in [-0.1, -0.05) is 24.4 Å². The van der Waals surface area contributed by atoms with Crippen LogP contribution in [0.15, 0.2) is 10.6 Å². The zero-order chi connectivity index (χ0) is 15.6. The number of piperazine rings is 1. The van der Waals surface area contributed by atoms with Gasteiger partial charge in [0.2, 0.25) is 5.91 Å². The van der Waals surface area contributed by atoms with Gasteiger partial charge >= 0.3 is 0 Å². The highest BCUT2D eigenvalue weighted by Gasteiger charge is 2.39. The predicted octanol–water partition coefficient (Wildman–Crippen LogP) is 2.13. The molecule has 138 valence electrons. The average molecular weight is 379 g/mol. The lowest BCUT2D eigenvalue weighted by atomic mass is 9.81. The van der Waals surface area contributed by atoms with E-state index < -0.39 is 5.54 Å². The van der Waals surface area contributed by atoms with E-state index >= 15 is 0 Å². The number of hydrogen-bond acceptors (Lipinski definition) is 5. The van der Waals surface area contributed by atoms with Crippen molar-refractivity contribution in [1.29, 1.82) is 0 Å². The molecular formula is C16H28Cl2N4O2. The zero-order valence-electron chi connectivity index (χ0n) is 14.2. The molecule has 6 nitrogen and oxygen atoms in total. The quantitative estimate of drug-likeness (QED) is 0.871. The van der Waals surface area contributed by atoms with Crippen LogP contribution in [0.4, 0.5) is 0 Å². The summed E-state index contributed by atoms with van der Waals surface area (Å²) in [6.07, 6.45) is 5.03. The Kier molecular flexibility index (Phi) is 7.99. The highest BCUT2D eigenvalue weighted by atomic mass is 35.5. The molecule has 0 spiro atoms. The molecule has 2 fully saturated rings. The Morgan fingerprint density at radius 2 is 1.83 bits per heavy atom. The maximum Gasteiger partial charge on any atom is 0.242 e. The highest BCUT2D eigenvalue weighted by molar-refractivity contribution is 5.86. The first-order valence-electron chi connectivity index (χ1n) is 8.30. The molecule has 0 unspecified atom stereocenters. The van der Waals surface area contributed by atoms with Gasteiger partial charge < -0.3 is 15.2 Å². The minimum absolute atomic E-state index is 0. The van der Waals surface area contributed by atoms with E-state index in [1.165, 1.54) is 6.42 Å². The van der Waals surface area contributed by atoms with Gasteiger partial charge in [-0.25, -0.2) is 0 Å². The van der Waals surface area contributed by atoms with Gasteiger partial charge in [0.25, 0.3) is 0 Å². The van der Waals surface area contributed by atoms with Crippen LogP contribution in [0.2, 0.25) is 0 Å². The summed E-state index contributed by atoms with van der Waals surface area (Å²) in [5.41, 5.74) is 6.67. The monoisotopic (exact) mass is 378 g/mol. The third-order valence-corrected chi connectivity index (χ3v) is 4.89. The van der Waals surface area contributed by atoms with Crippen molar-refractivity contribution < 1.29 is 9.32 Å². The number of nitrogens with zero attached hydrogens (tertiary/aromatic N) is 3. The van der Waals surface area contributed by atoms with Gasteiger partial charge in [-0.05, 0) is 19.8 Å². The zero-order valence-corrected chi connectivity index (χ0v) is 15.8. The second-order valence-electron chi connectivity index (χ2n) is 6.72. The van der Waals surface area contributed by atoms with Crippen LogP contribution in [0.25, 0.3) is 0 Å². The molecule has 2 heterocycles. The third-order valence-electron chi connectivity index (χ3n) is 4.89. The molecule has 1 aliphatic carbocycles. The molecule has 0 bridgehead atoms. The lowest BCUT2D eigenvalue weighted by Crippen LogP contribution is -2.60. The van der Waals surface area contributed by atoms with E-state index in [2.05, 4.69) is 10.1 Å². The molecular weight excluding hydrogens is 351 g/mol. The molecule has 3 rings (SSSR count). The normalized spacial score (nSPS) is 20.8. The number of rotatable bonds is 3. The molecule has 1 aromatic rings. The summed E-state index contributed by atoms with van der Waals surface area (Å²) in [6, 6.07) is 1.97. The smallest absolute Gasteiger partial charge is 0.242 e. The predicted molar refractivity (Wildman–Crippen MR) is 97.6 cm³/mol. The van der Waals surface area contributed by atoms with E-state index in [1.54, 1.807) is 0 Å². The fourth-order valence-electron chi connectivity index (χ4n) is 3.53. The van der Waals surface area contributed by atoms with Crippen molar-refractivity contribution >= 4 is 30.7 Å². The van der Waals surface area contributed by atoms with Crippen LogP contribution < -0.4 is 5.73 Å². The van der Waals surface area contributed by atoms with Crippen LogP contribution in [0, 0.1) is 6.92 Å². The number of amides is 1. The molecule has 0 atom stereocenters. The summed E-state index contributed by atoms with van der Waals surface area (Å²) in [5, 5.41) is 3.91. The largest absolute Gasteiger partial charge is 0.360 e. The van der Waals surface area contributed by atoms with Crippen molar-refractivity contribution in [3.8, 4) is 0 Å². The molecule has 1 amide bonds. The molecule has 1 aliphatic heterocycles. The molecule has 2 N–H and O–H groups in total. The summed E-state index contributed by atoms with van der Waals surface area (Å²) < 4.78 is 5.26. The molecule has 2 aliphatic rings. The summed E-state index contributed by atoms with van der Waals surface area (Å²) >= 11 is 0. The molecule has 8 heteroatoms. The summed E-state index contributed by atoms with van der Waals surface area (Å²) in [7, 11) is 0. The van der Waals surface area contributed by atoms with E-state index in [9.17, 15) is 4.79 Å². The summed E-state index contributed by atoms with van der Waals surface area (Å²) in [6.45, 7) is 5.92. The van der Waals surface area contributed by atoms with Gasteiger partial charge in [-0.2, -0.15) is 0 Å². The Morgan fingerprint density at radius 1 is 1.21 bits per heavy atom. The molecule has 0 aromatic carbocycles. The van der Waals surface area contributed by atoms with Gasteiger partial charge in [-0.15, -0.1) is 24.8 Å². The second-order valence-corrected chi connectivity index (χ2v) is 6.72. The van der Waals surface area contributed by atoms with Crippen molar-refractivity contribution in [3.63, 3.8) is 0 Å². The Morgan fingerprint density at radius 3 is 2.38 bits per heavy atom. The number of hydrogen-bond donors (Lipinski definition) is 1. The average Bonchev–Trinajstić information content (AvgIpc) is 2.93. The van der Waals surface area contributed by atoms with E-state index in [4.69, 9.17) is 10.3 Å². The molecule has 1 aromatic heterocycles. The number of nitrogens with two attached hydrogens (primary N) is 1. The van der Waals surface area contributed by atoms with Crippen molar-refractivity contribution in [3.05, 3.63) is 17.5 Å². The van der Waals surface area contributed by atoms with Crippen molar-refractivity contribution in [2.45, 2.75) is 51.1 Å². The summed E-state index contributed by atoms with van der Waals surface area (Å²) in [5.74, 6) is 1.04. The van der Waals surface area contributed by atoms with E-state index in [1.807, 2.05) is 17.9 Å². The number of aryl methyl sites for hydroxylation is 1. The highest BCUT2D eigenvalue weighted by Crippen LogP contribution is 2.28.